The number of nitrogens with one attached hydrogen (secondary N) is 1. The Balaban J connectivity index is 1.73. The molecule has 0 aliphatic carbocycles. The number of para-hydroxylation sites is 2. The van der Waals surface area contributed by atoms with E-state index in [9.17, 15) is 14.4 Å². The first-order valence-corrected chi connectivity index (χ1v) is 10.5. The van der Waals surface area contributed by atoms with Crippen LogP contribution in [0.3, 0.4) is 0 Å². The molecule has 2 aliphatic rings. The number of carbonyl (C=O) groups excluding carboxylic acids is 3. The van der Waals surface area contributed by atoms with Gasteiger partial charge in [0.2, 0.25) is 17.7 Å². The van der Waals surface area contributed by atoms with Crippen LogP contribution in [0, 0.1) is 5.92 Å². The van der Waals surface area contributed by atoms with Gasteiger partial charge in [-0.15, -0.1) is 11.8 Å². The minimum Gasteiger partial charge on any atom is -0.495 e. The molecule has 7 nitrogen and oxygen atoms in total. The van der Waals surface area contributed by atoms with Crippen LogP contribution < -0.4 is 15.0 Å². The Morgan fingerprint density at radius 3 is 2.64 bits per heavy atom. The van der Waals surface area contributed by atoms with Crippen molar-refractivity contribution in [3.05, 3.63) is 24.3 Å². The molecule has 1 N–H and O–H groups in total. The second-order valence-corrected chi connectivity index (χ2v) is 9.14. The summed E-state index contributed by atoms with van der Waals surface area (Å²) in [6, 6.07) is 6.79. The molecular weight excluding hydrogens is 378 g/mol. The van der Waals surface area contributed by atoms with Crippen molar-refractivity contribution in [2.45, 2.75) is 38.8 Å². The highest BCUT2D eigenvalue weighted by Gasteiger charge is 2.43. The highest BCUT2D eigenvalue weighted by atomic mass is 32.2. The van der Waals surface area contributed by atoms with E-state index in [-0.39, 0.29) is 29.7 Å². The summed E-state index contributed by atoms with van der Waals surface area (Å²) in [4.78, 5) is 41.6. The molecule has 0 aromatic heterocycles. The lowest BCUT2D eigenvalue weighted by Crippen LogP contribution is -2.53. The van der Waals surface area contributed by atoms with E-state index in [0.29, 0.717) is 29.6 Å². The van der Waals surface area contributed by atoms with Crippen LogP contribution in [0.1, 0.15) is 27.2 Å². The molecule has 2 heterocycles. The van der Waals surface area contributed by atoms with Gasteiger partial charge >= 0.3 is 0 Å². The molecule has 2 fully saturated rings. The summed E-state index contributed by atoms with van der Waals surface area (Å²) in [5.41, 5.74) is 0.311. The topological polar surface area (TPSA) is 79.0 Å². The first-order chi connectivity index (χ1) is 13.2. The van der Waals surface area contributed by atoms with Crippen molar-refractivity contribution in [2.24, 2.45) is 5.92 Å². The zero-order valence-electron chi connectivity index (χ0n) is 16.7. The fourth-order valence-corrected chi connectivity index (χ4v) is 4.69. The van der Waals surface area contributed by atoms with Crippen LogP contribution in [-0.4, -0.2) is 59.5 Å². The van der Waals surface area contributed by atoms with E-state index >= 15 is 0 Å². The van der Waals surface area contributed by atoms with Gasteiger partial charge in [-0.1, -0.05) is 12.1 Å². The summed E-state index contributed by atoms with van der Waals surface area (Å²) < 4.78 is 5.35. The van der Waals surface area contributed by atoms with Crippen LogP contribution >= 0.6 is 11.8 Å². The van der Waals surface area contributed by atoms with Crippen molar-refractivity contribution in [2.75, 3.05) is 30.2 Å². The Bertz CT molecular complexity index is 777. The maximum Gasteiger partial charge on any atom is 0.244 e. The van der Waals surface area contributed by atoms with Gasteiger partial charge in [-0.3, -0.25) is 14.4 Å². The van der Waals surface area contributed by atoms with Crippen molar-refractivity contribution in [1.29, 1.82) is 0 Å². The minimum absolute atomic E-state index is 0.106. The van der Waals surface area contributed by atoms with Crippen LogP contribution in [0.4, 0.5) is 5.69 Å². The van der Waals surface area contributed by atoms with E-state index in [4.69, 9.17) is 4.74 Å². The van der Waals surface area contributed by atoms with Crippen molar-refractivity contribution in [1.82, 2.24) is 10.2 Å². The molecule has 1 aromatic carbocycles. The fourth-order valence-electron chi connectivity index (χ4n) is 3.52. The second kappa shape index (κ2) is 8.03. The third kappa shape index (κ3) is 4.27. The molecule has 0 bridgehead atoms. The van der Waals surface area contributed by atoms with Crippen molar-refractivity contribution >= 4 is 35.2 Å². The van der Waals surface area contributed by atoms with Crippen LogP contribution in [-0.2, 0) is 14.4 Å². The molecule has 2 saturated heterocycles. The number of nitrogens with zero attached hydrogens (tertiary/aromatic N) is 2. The zero-order valence-corrected chi connectivity index (χ0v) is 17.5. The molecule has 0 spiro atoms. The number of rotatable bonds is 4. The average molecular weight is 406 g/mol. The molecule has 3 rings (SSSR count). The van der Waals surface area contributed by atoms with Crippen molar-refractivity contribution in [3.8, 4) is 5.75 Å². The number of ether oxygens (including phenoxy) is 1. The quantitative estimate of drug-likeness (QED) is 0.827. The van der Waals surface area contributed by atoms with Gasteiger partial charge in [-0.05, 0) is 32.9 Å². The van der Waals surface area contributed by atoms with Gasteiger partial charge in [-0.25, -0.2) is 0 Å². The molecule has 3 amide bonds. The van der Waals surface area contributed by atoms with Gasteiger partial charge in [0.25, 0.3) is 0 Å². The van der Waals surface area contributed by atoms with Gasteiger partial charge in [-0.2, -0.15) is 0 Å². The third-order valence-corrected chi connectivity index (χ3v) is 5.83. The van der Waals surface area contributed by atoms with Crippen LogP contribution in [0.5, 0.6) is 5.75 Å². The molecule has 28 heavy (non-hydrogen) atoms. The van der Waals surface area contributed by atoms with Crippen molar-refractivity contribution < 1.29 is 19.1 Å². The van der Waals surface area contributed by atoms with Crippen molar-refractivity contribution in [3.63, 3.8) is 0 Å². The van der Waals surface area contributed by atoms with Crippen LogP contribution in [0.2, 0.25) is 0 Å². The van der Waals surface area contributed by atoms with E-state index in [0.717, 1.165) is 0 Å². The van der Waals surface area contributed by atoms with Crippen LogP contribution in [0.15, 0.2) is 24.3 Å². The maximum absolute atomic E-state index is 13.1. The highest BCUT2D eigenvalue weighted by Crippen LogP contribution is 2.34. The number of carbonyl (C=O) groups is 3. The lowest BCUT2D eigenvalue weighted by molar-refractivity contribution is -0.141. The van der Waals surface area contributed by atoms with Gasteiger partial charge in [0.05, 0.1) is 24.6 Å². The molecule has 0 radical (unpaired) electrons. The van der Waals surface area contributed by atoms with E-state index in [1.165, 1.54) is 0 Å². The van der Waals surface area contributed by atoms with Gasteiger partial charge in [0, 0.05) is 24.3 Å². The number of thioether (sulfide) groups is 1. The fraction of sp³-hybridized carbons (Fsp3) is 0.550. The summed E-state index contributed by atoms with van der Waals surface area (Å²) >= 11 is 1.56. The minimum atomic E-state index is -0.493. The zero-order chi connectivity index (χ0) is 20.5. The average Bonchev–Trinajstić information content (AvgIpc) is 3.26. The lowest BCUT2D eigenvalue weighted by Gasteiger charge is -2.29. The first kappa shape index (κ1) is 20.5. The second-order valence-electron chi connectivity index (χ2n) is 8.14. The Morgan fingerprint density at radius 1 is 1.25 bits per heavy atom. The number of methoxy groups -OCH3 is 1. The Morgan fingerprint density at radius 2 is 1.96 bits per heavy atom. The molecule has 2 unspecified atom stereocenters. The number of benzene rings is 1. The predicted molar refractivity (Wildman–Crippen MR) is 109 cm³/mol. The third-order valence-electron chi connectivity index (χ3n) is 4.82. The molecule has 152 valence electrons. The van der Waals surface area contributed by atoms with E-state index < -0.39 is 12.0 Å². The number of amides is 3. The molecule has 1 aromatic rings. The van der Waals surface area contributed by atoms with E-state index in [1.54, 1.807) is 34.7 Å². The highest BCUT2D eigenvalue weighted by molar-refractivity contribution is 7.99. The molecule has 2 atom stereocenters. The van der Waals surface area contributed by atoms with E-state index in [1.807, 2.05) is 39.0 Å². The Labute approximate surface area is 169 Å². The summed E-state index contributed by atoms with van der Waals surface area (Å²) in [6.07, 6.45) is 0.145. The monoisotopic (exact) mass is 405 g/mol. The van der Waals surface area contributed by atoms with E-state index in [2.05, 4.69) is 5.32 Å². The lowest BCUT2D eigenvalue weighted by atomic mass is 10.1. The smallest absolute Gasteiger partial charge is 0.244 e. The van der Waals surface area contributed by atoms with Gasteiger partial charge < -0.3 is 19.9 Å². The number of hydrogen-bond acceptors (Lipinski definition) is 5. The predicted octanol–water partition coefficient (Wildman–Crippen LogP) is 1.86. The summed E-state index contributed by atoms with van der Waals surface area (Å²) in [7, 11) is 1.56. The Kier molecular flexibility index (Phi) is 5.88. The SMILES string of the molecule is COc1ccccc1N1CC(C(=O)N2CSCC2C(=O)NC(C)(C)C)CC1=O. The normalized spacial score (nSPS) is 22.5. The summed E-state index contributed by atoms with van der Waals surface area (Å²) in [5, 5.41) is 2.95. The molecule has 0 saturated carbocycles. The number of anilines is 1. The first-order valence-electron chi connectivity index (χ1n) is 9.35. The van der Waals surface area contributed by atoms with Crippen LogP contribution in [0.25, 0.3) is 0 Å². The number of hydrogen-bond donors (Lipinski definition) is 1. The maximum atomic E-state index is 13.1. The largest absolute Gasteiger partial charge is 0.495 e. The molecule has 8 heteroatoms. The van der Waals surface area contributed by atoms with Gasteiger partial charge in [0.15, 0.2) is 0 Å². The standard InChI is InChI=1S/C20H27N3O4S/c1-20(2,3)21-18(25)15-11-28-12-23(15)19(26)13-9-17(24)22(10-13)14-7-5-6-8-16(14)27-4/h5-8,13,15H,9-12H2,1-4H3,(H,21,25). The summed E-state index contributed by atoms with van der Waals surface area (Å²) in [6.45, 7) is 6.05. The Hall–Kier alpha value is -2.22. The molecular formula is C20H27N3O4S. The summed E-state index contributed by atoms with van der Waals surface area (Å²) in [5.74, 6) is 0.807. The van der Waals surface area contributed by atoms with Gasteiger partial charge in [0.1, 0.15) is 11.8 Å². The molecule has 2 aliphatic heterocycles.